The van der Waals surface area contributed by atoms with E-state index in [0.29, 0.717) is 0 Å². The van der Waals surface area contributed by atoms with Crippen LogP contribution in [0.4, 0.5) is 22.0 Å². The maximum atomic E-state index is 14.1. The van der Waals surface area contributed by atoms with E-state index < -0.39 is 41.6 Å². The van der Waals surface area contributed by atoms with Crippen molar-refractivity contribution in [3.63, 3.8) is 0 Å². The third-order valence-corrected chi connectivity index (χ3v) is 4.18. The van der Waals surface area contributed by atoms with E-state index in [9.17, 15) is 22.0 Å². The zero-order chi connectivity index (χ0) is 13.9. The van der Waals surface area contributed by atoms with Gasteiger partial charge in [-0.15, -0.1) is 0 Å². The molecule has 18 heavy (non-hydrogen) atoms. The Morgan fingerprint density at radius 2 is 1.83 bits per heavy atom. The van der Waals surface area contributed by atoms with Crippen LogP contribution in [0.25, 0.3) is 0 Å². The minimum atomic E-state index is -4.64. The Morgan fingerprint density at radius 1 is 1.28 bits per heavy atom. The number of hydrogen-bond acceptors (Lipinski definition) is 2. The Hall–Kier alpha value is -0.880. The van der Waals surface area contributed by atoms with Gasteiger partial charge in [-0.2, -0.15) is 18.3 Å². The fraction of sp³-hybridized carbons (Fsp3) is 0.909. The summed E-state index contributed by atoms with van der Waals surface area (Å²) in [6.07, 6.45) is -4.64. The van der Waals surface area contributed by atoms with Gasteiger partial charge in [-0.3, -0.25) is 5.01 Å². The van der Waals surface area contributed by atoms with Gasteiger partial charge in [0.05, 0.1) is 0 Å². The van der Waals surface area contributed by atoms with Gasteiger partial charge in [0.25, 0.3) is 5.92 Å². The summed E-state index contributed by atoms with van der Waals surface area (Å²) < 4.78 is 66.7. The maximum Gasteiger partial charge on any atom is 0.431 e. The monoisotopic (exact) mass is 270 g/mol. The van der Waals surface area contributed by atoms with Crippen LogP contribution in [0, 0.1) is 17.8 Å². The molecule has 0 amide bonds. The van der Waals surface area contributed by atoms with Gasteiger partial charge < -0.3 is 0 Å². The van der Waals surface area contributed by atoms with Gasteiger partial charge in [0.2, 0.25) is 0 Å². The molecule has 0 radical (unpaired) electrons. The molecule has 1 heterocycles. The third kappa shape index (κ3) is 1.62. The Kier molecular flexibility index (Phi) is 2.86. The molecule has 0 saturated heterocycles. The molecule has 2 rings (SSSR count). The summed E-state index contributed by atoms with van der Waals surface area (Å²) in [5.41, 5.74) is -1.05. The number of hydrogen-bond donors (Lipinski definition) is 0. The number of nitrogens with zero attached hydrogens (tertiary/aromatic N) is 2. The van der Waals surface area contributed by atoms with E-state index in [1.54, 1.807) is 0 Å². The van der Waals surface area contributed by atoms with Crippen LogP contribution in [-0.4, -0.2) is 35.4 Å². The van der Waals surface area contributed by atoms with Crippen LogP contribution >= 0.6 is 0 Å². The first kappa shape index (κ1) is 13.5. The highest BCUT2D eigenvalue weighted by Crippen LogP contribution is 2.54. The fourth-order valence-electron chi connectivity index (χ4n) is 3.02. The lowest BCUT2D eigenvalue weighted by molar-refractivity contribution is -0.0900. The van der Waals surface area contributed by atoms with Crippen LogP contribution in [0.3, 0.4) is 0 Å². The molecule has 0 aromatic rings. The van der Waals surface area contributed by atoms with E-state index in [2.05, 4.69) is 5.10 Å². The third-order valence-electron chi connectivity index (χ3n) is 4.18. The van der Waals surface area contributed by atoms with Crippen molar-refractivity contribution in [2.75, 3.05) is 6.54 Å². The standard InChI is InChI=1S/C11H15F5N2/c1-4-18-9-7(8(17-18)11(14,15)16)5(2)6(3)10(9,12)13/h5-7,9H,4H2,1-3H3/t5-,6?,7?,9?/m0/s1. The van der Waals surface area contributed by atoms with Crippen LogP contribution in [0.2, 0.25) is 0 Å². The van der Waals surface area contributed by atoms with E-state index >= 15 is 0 Å². The highest BCUT2D eigenvalue weighted by atomic mass is 19.4. The summed E-state index contributed by atoms with van der Waals surface area (Å²) in [4.78, 5) is 0. The summed E-state index contributed by atoms with van der Waals surface area (Å²) in [6, 6.07) is -1.45. The smallest absolute Gasteiger partial charge is 0.287 e. The van der Waals surface area contributed by atoms with Gasteiger partial charge in [-0.05, 0) is 12.8 Å². The first-order chi connectivity index (χ1) is 8.12. The number of hydrazone groups is 1. The van der Waals surface area contributed by atoms with Gasteiger partial charge in [-0.25, -0.2) is 8.78 Å². The van der Waals surface area contributed by atoms with Crippen molar-refractivity contribution >= 4 is 5.71 Å². The maximum absolute atomic E-state index is 14.1. The average molecular weight is 270 g/mol. The lowest BCUT2D eigenvalue weighted by atomic mass is 9.88. The molecule has 3 unspecified atom stereocenters. The molecular formula is C11H15F5N2. The number of rotatable bonds is 1. The fourth-order valence-corrected chi connectivity index (χ4v) is 3.02. The second kappa shape index (κ2) is 3.81. The molecule has 2 nitrogen and oxygen atoms in total. The Labute approximate surface area is 102 Å². The lowest BCUT2D eigenvalue weighted by Gasteiger charge is -2.28. The first-order valence-corrected chi connectivity index (χ1v) is 5.92. The normalized spacial score (nSPS) is 38.9. The van der Waals surface area contributed by atoms with Gasteiger partial charge in [0.15, 0.2) is 0 Å². The van der Waals surface area contributed by atoms with Crippen LogP contribution in [-0.2, 0) is 0 Å². The Balaban J connectivity index is 2.46. The predicted octanol–water partition coefficient (Wildman–Crippen LogP) is 3.15. The van der Waals surface area contributed by atoms with Crippen molar-refractivity contribution in [2.24, 2.45) is 22.9 Å². The molecular weight excluding hydrogens is 255 g/mol. The quantitative estimate of drug-likeness (QED) is 0.668. The molecule has 1 aliphatic heterocycles. The second-order valence-electron chi connectivity index (χ2n) is 5.03. The van der Waals surface area contributed by atoms with Gasteiger partial charge >= 0.3 is 6.18 Å². The highest BCUT2D eigenvalue weighted by molar-refractivity contribution is 5.94. The van der Waals surface area contributed by atoms with Gasteiger partial charge in [0.1, 0.15) is 11.8 Å². The molecule has 104 valence electrons. The number of alkyl halides is 5. The summed E-state index contributed by atoms with van der Waals surface area (Å²) in [5.74, 6) is -6.18. The van der Waals surface area contributed by atoms with Crippen LogP contribution < -0.4 is 0 Å². The molecule has 0 aromatic heterocycles. The molecule has 0 N–H and O–H groups in total. The number of halogens is 5. The first-order valence-electron chi connectivity index (χ1n) is 5.92. The summed E-state index contributed by atoms with van der Waals surface area (Å²) in [5, 5.41) is 4.28. The molecule has 1 saturated carbocycles. The van der Waals surface area contributed by atoms with Crippen molar-refractivity contribution in [2.45, 2.75) is 38.9 Å². The zero-order valence-electron chi connectivity index (χ0n) is 10.3. The van der Waals surface area contributed by atoms with E-state index in [-0.39, 0.29) is 6.54 Å². The van der Waals surface area contributed by atoms with Crippen molar-refractivity contribution in [3.05, 3.63) is 0 Å². The molecule has 1 aliphatic carbocycles. The van der Waals surface area contributed by atoms with Gasteiger partial charge in [-0.1, -0.05) is 13.8 Å². The molecule has 7 heteroatoms. The molecule has 0 aromatic carbocycles. The van der Waals surface area contributed by atoms with Crippen molar-refractivity contribution < 1.29 is 22.0 Å². The summed E-state index contributed by atoms with van der Waals surface area (Å²) >= 11 is 0. The molecule has 0 spiro atoms. The zero-order valence-corrected chi connectivity index (χ0v) is 10.3. The topological polar surface area (TPSA) is 15.6 Å². The molecule has 2 aliphatic rings. The largest absolute Gasteiger partial charge is 0.431 e. The van der Waals surface area contributed by atoms with E-state index in [1.165, 1.54) is 20.8 Å². The highest BCUT2D eigenvalue weighted by Gasteiger charge is 2.67. The minimum absolute atomic E-state index is 0.0514. The summed E-state index contributed by atoms with van der Waals surface area (Å²) in [7, 11) is 0. The van der Waals surface area contributed by atoms with Crippen molar-refractivity contribution in [1.82, 2.24) is 5.01 Å². The van der Waals surface area contributed by atoms with Crippen LogP contribution in [0.1, 0.15) is 20.8 Å². The lowest BCUT2D eigenvalue weighted by Crippen LogP contribution is -2.44. The minimum Gasteiger partial charge on any atom is -0.287 e. The molecule has 4 atom stereocenters. The van der Waals surface area contributed by atoms with Crippen LogP contribution in [0.5, 0.6) is 0 Å². The van der Waals surface area contributed by atoms with Gasteiger partial charge in [0, 0.05) is 18.4 Å². The number of fused-ring (bicyclic) bond motifs is 1. The van der Waals surface area contributed by atoms with Crippen LogP contribution in [0.15, 0.2) is 5.10 Å². The van der Waals surface area contributed by atoms with E-state index in [0.717, 1.165) is 5.01 Å². The van der Waals surface area contributed by atoms with Crippen molar-refractivity contribution in [3.8, 4) is 0 Å². The second-order valence-corrected chi connectivity index (χ2v) is 5.03. The average Bonchev–Trinajstić information content (AvgIpc) is 2.72. The SMILES string of the molecule is CCN1N=C(C(F)(F)F)C2C1C(F)(F)C(C)[C@@H]2C. The molecule has 1 fully saturated rings. The molecule has 0 bridgehead atoms. The Morgan fingerprint density at radius 3 is 2.28 bits per heavy atom. The summed E-state index contributed by atoms with van der Waals surface area (Å²) in [6.45, 7) is 4.34. The van der Waals surface area contributed by atoms with E-state index in [4.69, 9.17) is 0 Å². The van der Waals surface area contributed by atoms with E-state index in [1.807, 2.05) is 0 Å². The predicted molar refractivity (Wildman–Crippen MR) is 56.4 cm³/mol. The Bertz CT molecular complexity index is 376. The van der Waals surface area contributed by atoms with Crippen molar-refractivity contribution in [1.29, 1.82) is 0 Å².